The third-order valence-electron chi connectivity index (χ3n) is 4.71. The summed E-state index contributed by atoms with van der Waals surface area (Å²) in [6.45, 7) is 8.04. The first-order chi connectivity index (χ1) is 11.5. The van der Waals surface area contributed by atoms with Crippen LogP contribution in [0.3, 0.4) is 0 Å². The van der Waals surface area contributed by atoms with Gasteiger partial charge >= 0.3 is 0 Å². The van der Waals surface area contributed by atoms with E-state index >= 15 is 0 Å². The van der Waals surface area contributed by atoms with E-state index in [9.17, 15) is 4.79 Å². The average Bonchev–Trinajstić information content (AvgIpc) is 2.58. The van der Waals surface area contributed by atoms with Crippen molar-refractivity contribution < 1.29 is 9.53 Å². The monoisotopic (exact) mass is 326 g/mol. The van der Waals surface area contributed by atoms with Crippen LogP contribution in [0, 0.1) is 11.3 Å². The van der Waals surface area contributed by atoms with Crippen LogP contribution in [0.25, 0.3) is 10.8 Å². The molecule has 1 aromatic heterocycles. The van der Waals surface area contributed by atoms with Gasteiger partial charge in [0, 0.05) is 30.7 Å². The number of carbonyl (C=O) groups is 1. The maximum Gasteiger partial charge on any atom is 0.270 e. The van der Waals surface area contributed by atoms with Crippen LogP contribution >= 0.6 is 0 Å². The maximum atomic E-state index is 12.6. The van der Waals surface area contributed by atoms with E-state index in [1.54, 1.807) is 6.20 Å². The molecular weight excluding hydrogens is 300 g/mol. The van der Waals surface area contributed by atoms with Crippen molar-refractivity contribution in [3.63, 3.8) is 0 Å². The van der Waals surface area contributed by atoms with Crippen molar-refractivity contribution in [3.05, 3.63) is 42.2 Å². The summed E-state index contributed by atoms with van der Waals surface area (Å²) in [5.74, 6) is 0.239. The molecule has 1 aliphatic heterocycles. The first kappa shape index (κ1) is 16.9. The predicted molar refractivity (Wildman–Crippen MR) is 96.0 cm³/mol. The molecule has 1 aromatic carbocycles. The van der Waals surface area contributed by atoms with Gasteiger partial charge in [0.2, 0.25) is 0 Å². The topological polar surface area (TPSA) is 51.2 Å². The third-order valence-corrected chi connectivity index (χ3v) is 4.71. The number of rotatable bonds is 3. The summed E-state index contributed by atoms with van der Waals surface area (Å²) in [6, 6.07) is 9.77. The van der Waals surface area contributed by atoms with Crippen molar-refractivity contribution in [3.8, 4) is 0 Å². The molecule has 2 aromatic rings. The lowest BCUT2D eigenvalue weighted by atomic mass is 9.78. The summed E-state index contributed by atoms with van der Waals surface area (Å²) in [6.07, 6.45) is 4.01. The van der Waals surface area contributed by atoms with E-state index in [1.165, 1.54) is 0 Å². The van der Waals surface area contributed by atoms with Gasteiger partial charge in [-0.25, -0.2) is 0 Å². The van der Waals surface area contributed by atoms with E-state index in [-0.39, 0.29) is 17.4 Å². The Morgan fingerprint density at radius 3 is 2.88 bits per heavy atom. The number of ether oxygens (including phenoxy) is 1. The lowest BCUT2D eigenvalue weighted by Gasteiger charge is -2.40. The van der Waals surface area contributed by atoms with E-state index < -0.39 is 0 Å². The summed E-state index contributed by atoms with van der Waals surface area (Å²) in [7, 11) is 0. The van der Waals surface area contributed by atoms with Crippen molar-refractivity contribution >= 4 is 16.7 Å². The zero-order valence-electron chi connectivity index (χ0n) is 14.7. The lowest BCUT2D eigenvalue weighted by Crippen LogP contribution is -2.45. The van der Waals surface area contributed by atoms with Gasteiger partial charge in [-0.3, -0.25) is 9.78 Å². The largest absolute Gasteiger partial charge is 0.377 e. The Labute approximate surface area is 143 Å². The zero-order chi connectivity index (χ0) is 17.2. The molecule has 0 radical (unpaired) electrons. The molecule has 1 fully saturated rings. The number of hydrogen-bond donors (Lipinski definition) is 1. The second-order valence-electron chi connectivity index (χ2n) is 7.65. The molecule has 2 atom stereocenters. The normalized spacial score (nSPS) is 21.6. The molecule has 0 aliphatic carbocycles. The molecule has 1 N–H and O–H groups in total. The van der Waals surface area contributed by atoms with Crippen molar-refractivity contribution in [2.24, 2.45) is 11.3 Å². The summed E-state index contributed by atoms with van der Waals surface area (Å²) in [5.41, 5.74) is 0.574. The Bertz CT molecular complexity index is 716. The number of hydrogen-bond acceptors (Lipinski definition) is 3. The van der Waals surface area contributed by atoms with Crippen LogP contribution in [0.4, 0.5) is 0 Å². The van der Waals surface area contributed by atoms with Gasteiger partial charge < -0.3 is 10.1 Å². The second-order valence-corrected chi connectivity index (χ2v) is 7.65. The molecule has 1 aliphatic rings. The molecule has 4 nitrogen and oxygen atoms in total. The van der Waals surface area contributed by atoms with Crippen LogP contribution < -0.4 is 5.32 Å². The van der Waals surface area contributed by atoms with Crippen LogP contribution in [0.5, 0.6) is 0 Å². The van der Waals surface area contributed by atoms with Gasteiger partial charge in [-0.15, -0.1) is 0 Å². The van der Waals surface area contributed by atoms with Gasteiger partial charge in [0.25, 0.3) is 5.91 Å². The first-order valence-corrected chi connectivity index (χ1v) is 8.70. The fourth-order valence-corrected chi connectivity index (χ4v) is 3.62. The highest BCUT2D eigenvalue weighted by atomic mass is 16.5. The van der Waals surface area contributed by atoms with Crippen molar-refractivity contribution in [2.75, 3.05) is 13.2 Å². The molecule has 128 valence electrons. The summed E-state index contributed by atoms with van der Waals surface area (Å²) < 4.78 is 6.00. The number of carbonyl (C=O) groups excluding carboxylic acids is 1. The quantitative estimate of drug-likeness (QED) is 0.933. The summed E-state index contributed by atoms with van der Waals surface area (Å²) >= 11 is 0. The maximum absolute atomic E-state index is 12.6. The van der Waals surface area contributed by atoms with Crippen LogP contribution in [0.1, 0.15) is 44.1 Å². The standard InChI is InChI=1S/C20H26N2O2/c1-20(2,3)18-15(8-6-12-24-18)13-22-19(23)17-16-9-5-4-7-14(16)10-11-21-17/h4-5,7,9-11,15,18H,6,8,12-13H2,1-3H3,(H,22,23)/t15-,18+/m1/s1. The van der Waals surface area contributed by atoms with Crippen molar-refractivity contribution in [1.29, 1.82) is 0 Å². The van der Waals surface area contributed by atoms with Gasteiger partial charge in [-0.05, 0) is 29.7 Å². The number of aromatic nitrogens is 1. The highest BCUT2D eigenvalue weighted by molar-refractivity contribution is 6.05. The van der Waals surface area contributed by atoms with E-state index in [0.717, 1.165) is 30.2 Å². The van der Waals surface area contributed by atoms with Crippen LogP contribution in [0.2, 0.25) is 0 Å². The van der Waals surface area contributed by atoms with Crippen LogP contribution in [-0.2, 0) is 4.74 Å². The van der Waals surface area contributed by atoms with E-state index in [0.29, 0.717) is 18.2 Å². The number of nitrogens with zero attached hydrogens (tertiary/aromatic N) is 1. The Kier molecular flexibility index (Phi) is 4.86. The molecule has 0 unspecified atom stereocenters. The molecular formula is C20H26N2O2. The van der Waals surface area contributed by atoms with Crippen LogP contribution in [-0.4, -0.2) is 30.1 Å². The number of nitrogens with one attached hydrogen (secondary N) is 1. The summed E-state index contributed by atoms with van der Waals surface area (Å²) in [4.78, 5) is 16.9. The third kappa shape index (κ3) is 3.59. The minimum atomic E-state index is -0.106. The molecule has 2 heterocycles. The fourth-order valence-electron chi connectivity index (χ4n) is 3.62. The number of pyridine rings is 1. The Balaban J connectivity index is 1.72. The lowest BCUT2D eigenvalue weighted by molar-refractivity contribution is -0.0839. The van der Waals surface area contributed by atoms with Gasteiger partial charge in [-0.1, -0.05) is 45.0 Å². The molecule has 0 bridgehead atoms. The first-order valence-electron chi connectivity index (χ1n) is 8.70. The van der Waals surface area contributed by atoms with E-state index in [1.807, 2.05) is 30.3 Å². The predicted octanol–water partition coefficient (Wildman–Crippen LogP) is 3.81. The SMILES string of the molecule is CC(C)(C)[C@H]1OCCC[C@@H]1CNC(=O)c1nccc2ccccc12. The number of amides is 1. The van der Waals surface area contributed by atoms with Gasteiger partial charge in [-0.2, -0.15) is 0 Å². The van der Waals surface area contributed by atoms with Gasteiger partial charge in [0.05, 0.1) is 6.10 Å². The van der Waals surface area contributed by atoms with Gasteiger partial charge in [0.1, 0.15) is 5.69 Å². The molecule has 0 spiro atoms. The van der Waals surface area contributed by atoms with Crippen molar-refractivity contribution in [1.82, 2.24) is 10.3 Å². The second kappa shape index (κ2) is 6.89. The van der Waals surface area contributed by atoms with Crippen molar-refractivity contribution in [2.45, 2.75) is 39.7 Å². The average molecular weight is 326 g/mol. The molecule has 1 amide bonds. The molecule has 4 heteroatoms. The van der Waals surface area contributed by atoms with Crippen LogP contribution in [0.15, 0.2) is 36.5 Å². The minimum Gasteiger partial charge on any atom is -0.377 e. The molecule has 3 rings (SSSR count). The van der Waals surface area contributed by atoms with E-state index in [2.05, 4.69) is 31.1 Å². The minimum absolute atomic E-state index is 0.0769. The molecule has 1 saturated heterocycles. The zero-order valence-corrected chi connectivity index (χ0v) is 14.7. The Morgan fingerprint density at radius 2 is 2.08 bits per heavy atom. The molecule has 24 heavy (non-hydrogen) atoms. The fraction of sp³-hybridized carbons (Fsp3) is 0.500. The highest BCUT2D eigenvalue weighted by Crippen LogP contribution is 2.33. The summed E-state index contributed by atoms with van der Waals surface area (Å²) in [5, 5.41) is 5.01. The smallest absolute Gasteiger partial charge is 0.270 e. The Hall–Kier alpha value is -1.94. The van der Waals surface area contributed by atoms with Gasteiger partial charge in [0.15, 0.2) is 0 Å². The van der Waals surface area contributed by atoms with E-state index in [4.69, 9.17) is 4.74 Å². The number of fused-ring (bicyclic) bond motifs is 1. The number of benzene rings is 1. The highest BCUT2D eigenvalue weighted by Gasteiger charge is 2.35. The Morgan fingerprint density at radius 1 is 1.29 bits per heavy atom. The molecule has 0 saturated carbocycles.